The highest BCUT2D eigenvalue weighted by molar-refractivity contribution is 5.97. The summed E-state index contributed by atoms with van der Waals surface area (Å²) in [5.74, 6) is -0.189. The number of imidazole rings is 1. The van der Waals surface area contributed by atoms with E-state index in [0.717, 1.165) is 25.9 Å². The van der Waals surface area contributed by atoms with Gasteiger partial charge in [0.1, 0.15) is 0 Å². The molecule has 1 aliphatic heterocycles. The SMILES string of the molecule is Cl.Cl.O=C(CCn1ccnc1)Nc1cccc(C(=O)NC2CCNCC2)c1. The Balaban J connectivity index is 0.00000182. The van der Waals surface area contributed by atoms with Crippen LogP contribution in [0.25, 0.3) is 0 Å². The molecule has 1 aromatic heterocycles. The minimum atomic E-state index is -0.0959. The molecular formula is C18H25Cl2N5O2. The van der Waals surface area contributed by atoms with Crippen LogP contribution in [-0.2, 0) is 11.3 Å². The third-order valence-electron chi connectivity index (χ3n) is 4.24. The van der Waals surface area contributed by atoms with Crippen LogP contribution in [0.15, 0.2) is 43.0 Å². The van der Waals surface area contributed by atoms with Crippen molar-refractivity contribution in [1.29, 1.82) is 0 Å². The lowest BCUT2D eigenvalue weighted by atomic mass is 10.1. The highest BCUT2D eigenvalue weighted by Gasteiger charge is 2.16. The van der Waals surface area contributed by atoms with Gasteiger partial charge in [-0.2, -0.15) is 0 Å². The fourth-order valence-electron chi connectivity index (χ4n) is 2.85. The number of amides is 2. The Morgan fingerprint density at radius 2 is 2.00 bits per heavy atom. The number of hydrogen-bond acceptors (Lipinski definition) is 4. The molecule has 0 aliphatic carbocycles. The molecule has 0 atom stereocenters. The number of aromatic nitrogens is 2. The second-order valence-corrected chi connectivity index (χ2v) is 6.18. The average Bonchev–Trinajstić information content (AvgIpc) is 3.15. The van der Waals surface area contributed by atoms with Crippen LogP contribution in [0.3, 0.4) is 0 Å². The molecule has 27 heavy (non-hydrogen) atoms. The Labute approximate surface area is 171 Å². The largest absolute Gasteiger partial charge is 0.349 e. The van der Waals surface area contributed by atoms with Crippen LogP contribution in [-0.4, -0.2) is 40.5 Å². The van der Waals surface area contributed by atoms with Crippen LogP contribution in [0, 0.1) is 0 Å². The van der Waals surface area contributed by atoms with Crippen LogP contribution >= 0.6 is 24.8 Å². The highest BCUT2D eigenvalue weighted by Crippen LogP contribution is 2.12. The second-order valence-electron chi connectivity index (χ2n) is 6.18. The van der Waals surface area contributed by atoms with E-state index < -0.39 is 0 Å². The van der Waals surface area contributed by atoms with Crippen LogP contribution in [0.5, 0.6) is 0 Å². The molecule has 1 aromatic carbocycles. The van der Waals surface area contributed by atoms with Crippen molar-refractivity contribution in [1.82, 2.24) is 20.2 Å². The van der Waals surface area contributed by atoms with Gasteiger partial charge in [0.2, 0.25) is 5.91 Å². The maximum Gasteiger partial charge on any atom is 0.251 e. The predicted molar refractivity (Wildman–Crippen MR) is 110 cm³/mol. The van der Waals surface area contributed by atoms with Crippen molar-refractivity contribution in [2.24, 2.45) is 0 Å². The van der Waals surface area contributed by atoms with Gasteiger partial charge in [-0.05, 0) is 44.1 Å². The number of nitrogens with one attached hydrogen (secondary N) is 3. The van der Waals surface area contributed by atoms with Gasteiger partial charge in [0.25, 0.3) is 5.91 Å². The number of hydrogen-bond donors (Lipinski definition) is 3. The molecule has 2 heterocycles. The Bertz CT molecular complexity index is 718. The standard InChI is InChI=1S/C18H23N5O2.2ClH/c24-17(6-10-23-11-9-20-13-23)21-16-3-1-2-14(12-16)18(25)22-15-4-7-19-8-5-15;;/h1-3,9,11-13,15,19H,4-8,10H2,(H,21,24)(H,22,25);2*1H. The molecule has 1 aliphatic rings. The number of halogens is 2. The topological polar surface area (TPSA) is 88.0 Å². The zero-order valence-electron chi connectivity index (χ0n) is 14.9. The normalized spacial score (nSPS) is 13.8. The number of carbonyl (C=O) groups excluding carboxylic acids is 2. The van der Waals surface area contributed by atoms with Crippen molar-refractivity contribution >= 4 is 42.3 Å². The van der Waals surface area contributed by atoms with Crippen LogP contribution in [0.4, 0.5) is 5.69 Å². The van der Waals surface area contributed by atoms with E-state index >= 15 is 0 Å². The summed E-state index contributed by atoms with van der Waals surface area (Å²) in [5.41, 5.74) is 1.19. The number of rotatable bonds is 6. The molecule has 7 nitrogen and oxygen atoms in total. The summed E-state index contributed by atoms with van der Waals surface area (Å²) in [7, 11) is 0. The number of benzene rings is 1. The van der Waals surface area contributed by atoms with Gasteiger partial charge in [0.05, 0.1) is 6.33 Å². The Morgan fingerprint density at radius 3 is 2.70 bits per heavy atom. The lowest BCUT2D eigenvalue weighted by molar-refractivity contribution is -0.116. The first kappa shape index (κ1) is 23.0. The van der Waals surface area contributed by atoms with Crippen molar-refractivity contribution in [2.75, 3.05) is 18.4 Å². The van der Waals surface area contributed by atoms with Gasteiger partial charge < -0.3 is 20.5 Å². The van der Waals surface area contributed by atoms with Crippen molar-refractivity contribution in [3.63, 3.8) is 0 Å². The number of anilines is 1. The highest BCUT2D eigenvalue weighted by atomic mass is 35.5. The van der Waals surface area contributed by atoms with Crippen molar-refractivity contribution in [3.8, 4) is 0 Å². The summed E-state index contributed by atoms with van der Waals surface area (Å²) in [6.45, 7) is 2.43. The van der Waals surface area contributed by atoms with E-state index in [1.54, 1.807) is 36.8 Å². The molecule has 2 aromatic rings. The molecule has 2 amide bonds. The predicted octanol–water partition coefficient (Wildman–Crippen LogP) is 2.24. The molecule has 0 spiro atoms. The van der Waals surface area contributed by atoms with E-state index in [9.17, 15) is 9.59 Å². The van der Waals surface area contributed by atoms with Gasteiger partial charge in [-0.1, -0.05) is 6.07 Å². The summed E-state index contributed by atoms with van der Waals surface area (Å²) >= 11 is 0. The zero-order valence-corrected chi connectivity index (χ0v) is 16.5. The number of carbonyl (C=O) groups is 2. The van der Waals surface area contributed by atoms with Crippen LogP contribution in [0.2, 0.25) is 0 Å². The molecule has 1 saturated heterocycles. The number of nitrogens with zero attached hydrogens (tertiary/aromatic N) is 2. The maximum absolute atomic E-state index is 12.4. The van der Waals surface area contributed by atoms with E-state index in [1.165, 1.54) is 0 Å². The van der Waals surface area contributed by atoms with Gasteiger partial charge in [-0.25, -0.2) is 4.98 Å². The summed E-state index contributed by atoms with van der Waals surface area (Å²) < 4.78 is 1.85. The minimum absolute atomic E-state index is 0. The van der Waals surface area contributed by atoms with Crippen molar-refractivity contribution < 1.29 is 9.59 Å². The van der Waals surface area contributed by atoms with Gasteiger partial charge in [0.15, 0.2) is 0 Å². The van der Waals surface area contributed by atoms with E-state index in [1.807, 2.05) is 10.8 Å². The molecule has 9 heteroatoms. The van der Waals surface area contributed by atoms with Crippen LogP contribution < -0.4 is 16.0 Å². The van der Waals surface area contributed by atoms with Gasteiger partial charge in [-0.15, -0.1) is 24.8 Å². The molecule has 1 fully saturated rings. The van der Waals surface area contributed by atoms with E-state index in [4.69, 9.17) is 0 Å². The molecule has 0 unspecified atom stereocenters. The molecule has 3 rings (SSSR count). The number of piperidine rings is 1. The first-order valence-electron chi connectivity index (χ1n) is 8.58. The zero-order chi connectivity index (χ0) is 17.5. The third-order valence-corrected chi connectivity index (χ3v) is 4.24. The second kappa shape index (κ2) is 11.6. The molecule has 3 N–H and O–H groups in total. The van der Waals surface area contributed by atoms with E-state index in [0.29, 0.717) is 24.2 Å². The molecule has 0 saturated carbocycles. The summed E-state index contributed by atoms with van der Waals surface area (Å²) in [4.78, 5) is 28.4. The lowest BCUT2D eigenvalue weighted by Crippen LogP contribution is -2.42. The maximum atomic E-state index is 12.4. The summed E-state index contributed by atoms with van der Waals surface area (Å²) in [6.07, 6.45) is 7.41. The Kier molecular flexibility index (Phi) is 9.85. The fraction of sp³-hybridized carbons (Fsp3) is 0.389. The third kappa shape index (κ3) is 7.21. The van der Waals surface area contributed by atoms with Crippen molar-refractivity contribution in [2.45, 2.75) is 31.8 Å². The molecule has 148 valence electrons. The first-order valence-corrected chi connectivity index (χ1v) is 8.58. The number of aryl methyl sites for hydroxylation is 1. The Hall–Kier alpha value is -2.09. The quantitative estimate of drug-likeness (QED) is 0.677. The first-order chi connectivity index (χ1) is 12.2. The molecule has 0 radical (unpaired) electrons. The van der Waals surface area contributed by atoms with E-state index in [-0.39, 0.29) is 42.7 Å². The monoisotopic (exact) mass is 413 g/mol. The lowest BCUT2D eigenvalue weighted by Gasteiger charge is -2.23. The smallest absolute Gasteiger partial charge is 0.251 e. The minimum Gasteiger partial charge on any atom is -0.349 e. The summed E-state index contributed by atoms with van der Waals surface area (Å²) in [6, 6.07) is 7.25. The average molecular weight is 414 g/mol. The van der Waals surface area contributed by atoms with Crippen molar-refractivity contribution in [3.05, 3.63) is 48.5 Å². The van der Waals surface area contributed by atoms with Gasteiger partial charge in [0, 0.05) is 42.7 Å². The Morgan fingerprint density at radius 1 is 1.22 bits per heavy atom. The molecular weight excluding hydrogens is 389 g/mol. The van der Waals surface area contributed by atoms with Crippen LogP contribution in [0.1, 0.15) is 29.6 Å². The summed E-state index contributed by atoms with van der Waals surface area (Å²) in [5, 5.41) is 9.17. The van der Waals surface area contributed by atoms with Gasteiger partial charge in [-0.3, -0.25) is 9.59 Å². The van der Waals surface area contributed by atoms with Gasteiger partial charge >= 0.3 is 0 Å². The fourth-order valence-corrected chi connectivity index (χ4v) is 2.85. The van der Waals surface area contributed by atoms with E-state index in [2.05, 4.69) is 20.9 Å². The molecule has 0 bridgehead atoms.